The molecule has 10 atom stereocenters. The van der Waals surface area contributed by atoms with Crippen molar-refractivity contribution in [3.63, 3.8) is 0 Å². The van der Waals surface area contributed by atoms with Gasteiger partial charge in [0.1, 0.15) is 6.61 Å². The van der Waals surface area contributed by atoms with Crippen LogP contribution in [0.2, 0.25) is 0 Å². The first-order valence-electron chi connectivity index (χ1n) is 14.9. The fraction of sp³-hybridized carbons (Fsp3) is 0.844. The number of ether oxygens (including phenoxy) is 2. The second kappa shape index (κ2) is 9.45. The molecule has 0 aromatic rings. The highest BCUT2D eigenvalue weighted by Crippen LogP contribution is 2.70. The van der Waals surface area contributed by atoms with E-state index in [9.17, 15) is 19.5 Å². The molecule has 3 saturated carbocycles. The zero-order valence-electron chi connectivity index (χ0n) is 24.3. The quantitative estimate of drug-likeness (QED) is 0.345. The fourth-order valence-electron chi connectivity index (χ4n) is 10.4. The summed E-state index contributed by atoms with van der Waals surface area (Å²) in [5, 5.41) is 10.1. The fourth-order valence-corrected chi connectivity index (χ4v) is 10.4. The van der Waals surface area contributed by atoms with E-state index in [1.807, 2.05) is 0 Å². The van der Waals surface area contributed by atoms with E-state index in [-0.39, 0.29) is 47.6 Å². The molecule has 10 unspecified atom stereocenters. The molecule has 4 fully saturated rings. The Morgan fingerprint density at radius 2 is 1.76 bits per heavy atom. The van der Waals surface area contributed by atoms with E-state index in [0.29, 0.717) is 36.5 Å². The number of rotatable bonds is 2. The lowest BCUT2D eigenvalue weighted by atomic mass is 9.39. The summed E-state index contributed by atoms with van der Waals surface area (Å²) in [5.74, 6) is 1.28. The predicted octanol–water partition coefficient (Wildman–Crippen LogP) is 6.08. The average molecular weight is 529 g/mol. The van der Waals surface area contributed by atoms with Gasteiger partial charge in [0.05, 0.1) is 24.5 Å². The van der Waals surface area contributed by atoms with Crippen LogP contribution in [0.25, 0.3) is 0 Å². The Balaban J connectivity index is 1.56. The highest BCUT2D eigenvalue weighted by atomic mass is 16.5. The van der Waals surface area contributed by atoms with Crippen LogP contribution in [0.3, 0.4) is 0 Å². The van der Waals surface area contributed by atoms with E-state index in [2.05, 4.69) is 33.8 Å². The molecule has 1 saturated heterocycles. The predicted molar refractivity (Wildman–Crippen MR) is 144 cm³/mol. The Morgan fingerprint density at radius 3 is 2.45 bits per heavy atom. The lowest BCUT2D eigenvalue weighted by Crippen LogP contribution is -2.59. The van der Waals surface area contributed by atoms with Crippen LogP contribution >= 0.6 is 0 Å². The van der Waals surface area contributed by atoms with E-state index < -0.39 is 16.8 Å². The number of hydrogen-bond acceptors (Lipinski definition) is 5. The van der Waals surface area contributed by atoms with Crippen LogP contribution < -0.4 is 0 Å². The summed E-state index contributed by atoms with van der Waals surface area (Å²) in [7, 11) is 1.54. The SMILES string of the molecule is COC(=O)C12CCC(C)C(C)C1C1=CCC3C4(C)CC(=O)COCC(C)(C(=O)O)CC4CCC3(C)C1CC2. The largest absolute Gasteiger partial charge is 0.481 e. The van der Waals surface area contributed by atoms with Gasteiger partial charge < -0.3 is 14.6 Å². The first kappa shape index (κ1) is 27.9. The van der Waals surface area contributed by atoms with Gasteiger partial charge in [-0.1, -0.05) is 39.3 Å². The number of Topliss-reactive ketones (excluding diaryl/α,β-unsaturated/α-hetero) is 1. The maximum Gasteiger partial charge on any atom is 0.312 e. The maximum atomic E-state index is 13.4. The molecule has 0 bridgehead atoms. The topological polar surface area (TPSA) is 89.9 Å². The first-order chi connectivity index (χ1) is 17.8. The van der Waals surface area contributed by atoms with Crippen LogP contribution in [0.5, 0.6) is 0 Å². The summed E-state index contributed by atoms with van der Waals surface area (Å²) in [4.78, 5) is 38.9. The molecule has 5 rings (SSSR count). The van der Waals surface area contributed by atoms with Crippen molar-refractivity contribution in [3.05, 3.63) is 11.6 Å². The van der Waals surface area contributed by atoms with Gasteiger partial charge in [0.15, 0.2) is 5.78 Å². The monoisotopic (exact) mass is 528 g/mol. The molecule has 0 amide bonds. The number of fused-ring (bicyclic) bond motifs is 7. The van der Waals surface area contributed by atoms with Gasteiger partial charge in [0, 0.05) is 6.42 Å². The van der Waals surface area contributed by atoms with Gasteiger partial charge in [-0.3, -0.25) is 14.4 Å². The number of hydrogen-bond donors (Lipinski definition) is 1. The average Bonchev–Trinajstić information content (AvgIpc) is 2.91. The molecule has 0 aromatic heterocycles. The Bertz CT molecular complexity index is 1030. The highest BCUT2D eigenvalue weighted by Gasteiger charge is 2.64. The van der Waals surface area contributed by atoms with Crippen LogP contribution in [-0.2, 0) is 23.9 Å². The summed E-state index contributed by atoms with van der Waals surface area (Å²) >= 11 is 0. The van der Waals surface area contributed by atoms with Crippen molar-refractivity contribution in [3.8, 4) is 0 Å². The van der Waals surface area contributed by atoms with E-state index in [0.717, 1.165) is 44.9 Å². The van der Waals surface area contributed by atoms with Gasteiger partial charge in [0.2, 0.25) is 0 Å². The van der Waals surface area contributed by atoms with Crippen LogP contribution in [0.4, 0.5) is 0 Å². The van der Waals surface area contributed by atoms with E-state index in [1.165, 1.54) is 5.57 Å². The minimum absolute atomic E-state index is 0.00173. The van der Waals surface area contributed by atoms with Crippen molar-refractivity contribution in [2.45, 2.75) is 92.4 Å². The molecule has 6 heteroatoms. The third-order valence-electron chi connectivity index (χ3n) is 12.7. The summed E-state index contributed by atoms with van der Waals surface area (Å²) in [5.41, 5.74) is -0.179. The first-order valence-corrected chi connectivity index (χ1v) is 14.9. The number of aliphatic carboxylic acids is 1. The normalized spacial score (nSPS) is 49.0. The second-order valence-corrected chi connectivity index (χ2v) is 14.6. The van der Waals surface area contributed by atoms with Crippen LogP contribution in [0, 0.1) is 57.2 Å². The van der Waals surface area contributed by atoms with Crippen molar-refractivity contribution >= 4 is 17.7 Å². The lowest BCUT2D eigenvalue weighted by Gasteiger charge is -2.65. The number of esters is 1. The van der Waals surface area contributed by atoms with E-state index in [1.54, 1.807) is 14.0 Å². The molecule has 4 aliphatic carbocycles. The Kier molecular flexibility index (Phi) is 6.93. The van der Waals surface area contributed by atoms with Crippen molar-refractivity contribution in [2.24, 2.45) is 57.2 Å². The van der Waals surface area contributed by atoms with Crippen molar-refractivity contribution in [1.82, 2.24) is 0 Å². The molecule has 5 aliphatic rings. The molecular weight excluding hydrogens is 480 g/mol. The number of carbonyl (C=O) groups is 3. The number of carboxylic acids is 1. The summed E-state index contributed by atoms with van der Waals surface area (Å²) in [6.07, 6.45) is 10.1. The standard InChI is InChI=1S/C32H48O6/c1-19-9-13-32(28(36)37-6)14-11-24-23(26(32)20(19)2)7-8-25-30(24,4)12-10-21-15-29(3,27(34)35)18-38-17-22(33)16-31(21,25)5/h7,19-21,24-26H,8-18H2,1-6H3,(H,34,35). The van der Waals surface area contributed by atoms with Crippen molar-refractivity contribution < 1.29 is 29.0 Å². The van der Waals surface area contributed by atoms with Gasteiger partial charge in [-0.05, 0) is 105 Å². The second-order valence-electron chi connectivity index (χ2n) is 14.6. The number of allylic oxidation sites excluding steroid dienone is 2. The Morgan fingerprint density at radius 1 is 1.05 bits per heavy atom. The minimum atomic E-state index is -0.988. The minimum Gasteiger partial charge on any atom is -0.481 e. The number of methoxy groups -OCH3 is 1. The van der Waals surface area contributed by atoms with Crippen LogP contribution in [0.1, 0.15) is 92.4 Å². The molecular formula is C32H48O6. The Hall–Kier alpha value is -1.69. The molecule has 1 aliphatic heterocycles. The van der Waals surface area contributed by atoms with Gasteiger partial charge in [-0.15, -0.1) is 0 Å². The lowest BCUT2D eigenvalue weighted by molar-refractivity contribution is -0.170. The van der Waals surface area contributed by atoms with Crippen LogP contribution in [0.15, 0.2) is 11.6 Å². The molecule has 6 nitrogen and oxygen atoms in total. The zero-order valence-corrected chi connectivity index (χ0v) is 24.3. The van der Waals surface area contributed by atoms with Gasteiger partial charge in [-0.2, -0.15) is 0 Å². The van der Waals surface area contributed by atoms with Gasteiger partial charge >= 0.3 is 11.9 Å². The van der Waals surface area contributed by atoms with E-state index in [4.69, 9.17) is 9.47 Å². The molecule has 0 aromatic carbocycles. The van der Waals surface area contributed by atoms with Crippen molar-refractivity contribution in [1.29, 1.82) is 0 Å². The number of carboxylic acid groups (broad SMARTS) is 1. The third kappa shape index (κ3) is 3.94. The molecule has 212 valence electrons. The summed E-state index contributed by atoms with van der Waals surface area (Å²) in [6.45, 7) is 11.3. The third-order valence-corrected chi connectivity index (χ3v) is 12.7. The summed E-state index contributed by atoms with van der Waals surface area (Å²) in [6, 6.07) is 0. The maximum absolute atomic E-state index is 13.4. The highest BCUT2D eigenvalue weighted by molar-refractivity contribution is 5.81. The van der Waals surface area contributed by atoms with Crippen molar-refractivity contribution in [2.75, 3.05) is 20.3 Å². The number of ketones is 1. The molecule has 1 N–H and O–H groups in total. The van der Waals surface area contributed by atoms with Gasteiger partial charge in [-0.25, -0.2) is 0 Å². The number of carbonyl (C=O) groups excluding carboxylic acids is 2. The van der Waals surface area contributed by atoms with E-state index >= 15 is 0 Å². The molecule has 0 radical (unpaired) electrons. The molecule has 1 heterocycles. The Labute approximate surface area is 228 Å². The van der Waals surface area contributed by atoms with Crippen LogP contribution in [-0.4, -0.2) is 43.2 Å². The molecule has 0 spiro atoms. The smallest absolute Gasteiger partial charge is 0.312 e. The zero-order chi connectivity index (χ0) is 27.7. The summed E-state index contributed by atoms with van der Waals surface area (Å²) < 4.78 is 11.1. The molecule has 38 heavy (non-hydrogen) atoms. The van der Waals surface area contributed by atoms with Gasteiger partial charge in [0.25, 0.3) is 0 Å².